The fraction of sp³-hybridized carbons (Fsp3) is 0.553. The Balaban J connectivity index is 1.38. The molecule has 5 N–H and O–H groups in total. The third kappa shape index (κ3) is 8.50. The fourth-order valence-corrected chi connectivity index (χ4v) is 10.00. The molecule has 14 nitrogen and oxygen atoms in total. The Morgan fingerprint density at radius 3 is 2.61 bits per heavy atom. The van der Waals surface area contributed by atoms with Gasteiger partial charge in [0.2, 0.25) is 5.76 Å². The summed E-state index contributed by atoms with van der Waals surface area (Å²) >= 11 is 0. The number of H-pyrrole nitrogens is 1. The molecule has 330 valence electrons. The number of rotatable bonds is 17. The average Bonchev–Trinajstić information content (AvgIpc) is 3.94. The van der Waals surface area contributed by atoms with Crippen molar-refractivity contribution in [2.45, 2.75) is 102 Å². The van der Waals surface area contributed by atoms with Crippen molar-refractivity contribution in [2.75, 3.05) is 53.2 Å². The number of hydrogen-bond acceptors (Lipinski definition) is 13. The number of nitrogens with one attached hydrogen (secondary N) is 1. The van der Waals surface area contributed by atoms with Gasteiger partial charge < -0.3 is 54.0 Å². The normalized spacial score (nSPS) is 25.1. The largest absolute Gasteiger partial charge is 0.492 e. The molecule has 0 spiro atoms. The Hall–Kier alpha value is -4.57. The number of carbonyl (C=O) groups excluding carboxylic acids is 3. The van der Waals surface area contributed by atoms with Crippen molar-refractivity contribution in [2.24, 2.45) is 11.8 Å². The first-order chi connectivity index (χ1) is 29.5. The quantitative estimate of drug-likeness (QED) is 0.0699. The van der Waals surface area contributed by atoms with Gasteiger partial charge in [-0.1, -0.05) is 18.6 Å². The Kier molecular flexibility index (Phi) is 14.0. The number of aromatic nitrogens is 1. The van der Waals surface area contributed by atoms with Crippen molar-refractivity contribution in [3.05, 3.63) is 69.6 Å². The molecule has 0 radical (unpaired) electrons. The van der Waals surface area contributed by atoms with Crippen LogP contribution in [0.4, 0.5) is 0 Å². The smallest absolute Gasteiger partial charge is 0.375 e. The fourth-order valence-electron chi connectivity index (χ4n) is 10.00. The predicted molar refractivity (Wildman–Crippen MR) is 226 cm³/mol. The number of fused-ring (bicyclic) bond motifs is 3. The highest BCUT2D eigenvalue weighted by Gasteiger charge is 2.50. The molecule has 4 aliphatic rings. The van der Waals surface area contributed by atoms with Gasteiger partial charge in [0.1, 0.15) is 34.7 Å². The number of esters is 1. The number of piperidine rings is 1. The summed E-state index contributed by atoms with van der Waals surface area (Å²) in [5, 5.41) is 45.1. The summed E-state index contributed by atoms with van der Waals surface area (Å²) in [7, 11) is 1.70. The molecule has 0 amide bonds. The number of likely N-dealkylation sites (tertiary alicyclic amines) is 1. The van der Waals surface area contributed by atoms with E-state index in [1.165, 1.54) is 0 Å². The second-order valence-electron chi connectivity index (χ2n) is 16.8. The van der Waals surface area contributed by atoms with E-state index >= 15 is 0 Å². The van der Waals surface area contributed by atoms with Crippen molar-refractivity contribution in [3.63, 3.8) is 0 Å². The number of nitrogens with zero attached hydrogens (tertiary/aromatic N) is 1. The number of aldehydes is 1. The first-order valence-corrected chi connectivity index (χ1v) is 21.7. The van der Waals surface area contributed by atoms with Crippen LogP contribution in [0.5, 0.6) is 17.2 Å². The summed E-state index contributed by atoms with van der Waals surface area (Å²) in [6, 6.07) is 7.89. The average molecular weight is 845 g/mol. The van der Waals surface area contributed by atoms with Crippen molar-refractivity contribution >= 4 is 34.5 Å². The number of Topliss-reactive ketones (excluding diaryl/α,β-unsaturated/α-hetero) is 1. The Morgan fingerprint density at radius 2 is 1.90 bits per heavy atom. The molecular weight excluding hydrogens is 785 g/mol. The van der Waals surface area contributed by atoms with Gasteiger partial charge in [-0.25, -0.2) is 4.79 Å². The Morgan fingerprint density at radius 1 is 1.08 bits per heavy atom. The van der Waals surface area contributed by atoms with Crippen LogP contribution in [0.15, 0.2) is 47.4 Å². The van der Waals surface area contributed by atoms with Gasteiger partial charge in [0, 0.05) is 80.4 Å². The molecule has 1 saturated carbocycles. The molecule has 3 aliphatic heterocycles. The molecule has 61 heavy (non-hydrogen) atoms. The van der Waals surface area contributed by atoms with Gasteiger partial charge in [0.05, 0.1) is 43.1 Å². The first kappa shape index (κ1) is 44.5. The van der Waals surface area contributed by atoms with Crippen LogP contribution in [0.2, 0.25) is 0 Å². The molecule has 1 saturated heterocycles. The molecule has 4 heterocycles. The van der Waals surface area contributed by atoms with Crippen molar-refractivity contribution in [3.8, 4) is 17.2 Å². The van der Waals surface area contributed by atoms with Gasteiger partial charge in [0.15, 0.2) is 6.29 Å². The predicted octanol–water partition coefficient (Wildman–Crippen LogP) is 4.92. The number of aliphatic hydroxyl groups excluding tert-OH is 3. The van der Waals surface area contributed by atoms with E-state index in [1.807, 2.05) is 30.5 Å². The second kappa shape index (κ2) is 19.2. The summed E-state index contributed by atoms with van der Waals surface area (Å²) < 4.78 is 30.4. The molecule has 0 unspecified atom stereocenters. The minimum Gasteiger partial charge on any atom is -0.492 e. The van der Waals surface area contributed by atoms with Crippen LogP contribution in [0.25, 0.3) is 16.5 Å². The van der Waals surface area contributed by atoms with Crippen molar-refractivity contribution in [1.29, 1.82) is 0 Å². The third-order valence-electron chi connectivity index (χ3n) is 13.3. The lowest BCUT2D eigenvalue weighted by Crippen LogP contribution is -2.54. The lowest BCUT2D eigenvalue weighted by atomic mass is 9.71. The Labute approximate surface area is 356 Å². The number of aliphatic hydroxyl groups is 4. The number of hydrogen-bond donors (Lipinski definition) is 5. The number of ketones is 1. The summed E-state index contributed by atoms with van der Waals surface area (Å²) in [5.41, 5.74) is 2.11. The molecule has 1 aliphatic carbocycles. The third-order valence-corrected chi connectivity index (χ3v) is 13.3. The van der Waals surface area contributed by atoms with E-state index in [4.69, 9.17) is 23.7 Å². The summed E-state index contributed by atoms with van der Waals surface area (Å²) in [4.78, 5) is 46.9. The number of benzene rings is 2. The number of aromatic amines is 1. The van der Waals surface area contributed by atoms with Crippen LogP contribution in [-0.2, 0) is 36.9 Å². The van der Waals surface area contributed by atoms with E-state index in [1.54, 1.807) is 21.0 Å². The van der Waals surface area contributed by atoms with E-state index in [-0.39, 0.29) is 103 Å². The summed E-state index contributed by atoms with van der Waals surface area (Å²) in [5.74, 6) is -2.56. The van der Waals surface area contributed by atoms with E-state index in [9.17, 15) is 34.8 Å². The van der Waals surface area contributed by atoms with Gasteiger partial charge >= 0.3 is 5.97 Å². The first-order valence-electron chi connectivity index (χ1n) is 21.7. The van der Waals surface area contributed by atoms with E-state index in [0.717, 1.165) is 55.2 Å². The van der Waals surface area contributed by atoms with Crippen LogP contribution < -0.4 is 14.2 Å². The van der Waals surface area contributed by atoms with Gasteiger partial charge in [-0.15, -0.1) is 0 Å². The number of allylic oxidation sites excluding steroid dienone is 3. The minimum absolute atomic E-state index is 0.0151. The molecule has 7 rings (SSSR count). The van der Waals surface area contributed by atoms with Crippen molar-refractivity contribution < 1.29 is 58.5 Å². The highest BCUT2D eigenvalue weighted by atomic mass is 16.6. The van der Waals surface area contributed by atoms with Crippen molar-refractivity contribution in [1.82, 2.24) is 9.88 Å². The SMILES string of the molecule is CCOC(=O)C1=C(C=O)C(=C2C[C@H](CO)C(=O)[C@@H](c3ccc4[nH]ccc4c3)C2)c2c(OCCCO)c3c(c(CO)c2O1)O[C@H]([C@](C)(O)[C@@H]1CCN(CCCOC)[C@H](CC)C1)C3. The molecule has 3 aromatic rings. The maximum Gasteiger partial charge on any atom is 0.375 e. The molecule has 2 fully saturated rings. The summed E-state index contributed by atoms with van der Waals surface area (Å²) in [6.45, 7) is 6.82. The molecule has 0 bridgehead atoms. The molecule has 1 aromatic heterocycles. The van der Waals surface area contributed by atoms with Crippen LogP contribution >= 0.6 is 0 Å². The van der Waals surface area contributed by atoms with E-state index < -0.39 is 48.5 Å². The highest BCUT2D eigenvalue weighted by molar-refractivity contribution is 6.11. The topological polar surface area (TPSA) is 197 Å². The number of carbonyl (C=O) groups is 3. The van der Waals surface area contributed by atoms with Crippen LogP contribution in [0.3, 0.4) is 0 Å². The van der Waals surface area contributed by atoms with E-state index in [0.29, 0.717) is 24.0 Å². The van der Waals surface area contributed by atoms with Gasteiger partial charge in [-0.2, -0.15) is 0 Å². The molecular formula is C47H60N2O12. The lowest BCUT2D eigenvalue weighted by molar-refractivity contribution is -0.141. The zero-order valence-corrected chi connectivity index (χ0v) is 35.7. The minimum atomic E-state index is -1.32. The summed E-state index contributed by atoms with van der Waals surface area (Å²) in [6.07, 6.45) is 5.58. The van der Waals surface area contributed by atoms with Crippen LogP contribution in [0.1, 0.15) is 93.9 Å². The maximum absolute atomic E-state index is 14.1. The molecule has 6 atom stereocenters. The molecule has 2 aromatic carbocycles. The zero-order valence-electron chi connectivity index (χ0n) is 35.7. The molecule has 14 heteroatoms. The maximum atomic E-state index is 14.1. The Bertz CT molecular complexity index is 2170. The van der Waals surface area contributed by atoms with Crippen LogP contribution in [-0.4, -0.2) is 119 Å². The van der Waals surface area contributed by atoms with Crippen LogP contribution in [0, 0.1) is 11.8 Å². The standard InChI is InChI=1S/C47H60N2O12/c1-5-32-22-31(12-15-49(32)14-7-17-57-4)47(3,56)38-23-34-42(60-38)36(26-53)44-40(43(34)59-18-8-16-50)39(35(25-52)45(61-44)46(55)58-6-2)29-20-30(24-51)41(54)33(21-29)27-9-10-37-28(19-27)11-13-48-37/h9-11,13,19,25,30-33,38,48,50-51,53,56H,5-8,12,14-18,20-24,26H2,1-4H3/t30-,31-,32-,33-,38+,47-/m1/s1. The second-order valence-corrected chi connectivity index (χ2v) is 16.8. The number of methoxy groups -OCH3 is 1. The van der Waals surface area contributed by atoms with Gasteiger partial charge in [0.25, 0.3) is 0 Å². The zero-order chi connectivity index (χ0) is 43.4. The number of ether oxygens (including phenoxy) is 5. The monoisotopic (exact) mass is 844 g/mol. The van der Waals surface area contributed by atoms with Gasteiger partial charge in [-0.05, 0) is 94.0 Å². The highest BCUT2D eigenvalue weighted by Crippen LogP contribution is 2.57. The van der Waals surface area contributed by atoms with E-state index in [2.05, 4.69) is 16.8 Å². The van der Waals surface area contributed by atoms with Gasteiger partial charge in [-0.3, -0.25) is 9.59 Å². The lowest BCUT2D eigenvalue weighted by Gasteiger charge is -2.46.